The van der Waals surface area contributed by atoms with E-state index in [1.807, 2.05) is 37.2 Å². The third-order valence-electron chi connectivity index (χ3n) is 5.96. The molecule has 1 saturated heterocycles. The molecule has 0 bridgehead atoms. The average molecular weight is 451 g/mol. The van der Waals surface area contributed by atoms with Crippen LogP contribution in [0.15, 0.2) is 42.5 Å². The largest absolute Gasteiger partial charge is 0.454 e. The number of pyridine rings is 1. The van der Waals surface area contributed by atoms with Gasteiger partial charge >= 0.3 is 0 Å². The molecule has 7 nitrogen and oxygen atoms in total. The smallest absolute Gasteiger partial charge is 0.254 e. The highest BCUT2D eigenvalue weighted by Crippen LogP contribution is 2.37. The summed E-state index contributed by atoms with van der Waals surface area (Å²) in [6.07, 6.45) is 1.83. The lowest BCUT2D eigenvalue weighted by molar-refractivity contribution is 0.0507. The maximum absolute atomic E-state index is 13.8. The Morgan fingerprint density at radius 1 is 1.15 bits per heavy atom. The number of halogens is 1. The van der Waals surface area contributed by atoms with Crippen LogP contribution in [0, 0.1) is 5.82 Å². The van der Waals surface area contributed by atoms with Crippen LogP contribution in [0.25, 0.3) is 10.9 Å². The molecule has 0 saturated carbocycles. The van der Waals surface area contributed by atoms with Crippen molar-refractivity contribution in [2.45, 2.75) is 25.5 Å². The molecule has 2 aromatic carbocycles. The fraction of sp³-hybridized carbons (Fsp3) is 0.360. The van der Waals surface area contributed by atoms with E-state index in [1.54, 1.807) is 17.0 Å². The molecule has 1 amide bonds. The molecule has 0 radical (unpaired) electrons. The third-order valence-corrected chi connectivity index (χ3v) is 5.96. The van der Waals surface area contributed by atoms with Gasteiger partial charge in [-0.3, -0.25) is 4.79 Å². The minimum absolute atomic E-state index is 0.0347. The van der Waals surface area contributed by atoms with Crippen LogP contribution in [0.2, 0.25) is 0 Å². The Balaban J connectivity index is 1.52. The molecule has 0 aliphatic carbocycles. The molecule has 3 aromatic rings. The molecular formula is C25H26FN3O4. The molecule has 1 unspecified atom stereocenters. The second-order valence-corrected chi connectivity index (χ2v) is 8.59. The monoisotopic (exact) mass is 451 g/mol. The Bertz CT molecular complexity index is 1190. The molecule has 1 aromatic heterocycles. The number of benzene rings is 2. The number of rotatable bonds is 6. The Hall–Kier alpha value is -3.39. The molecule has 33 heavy (non-hydrogen) atoms. The van der Waals surface area contributed by atoms with Crippen LogP contribution < -0.4 is 14.4 Å². The Labute approximate surface area is 191 Å². The summed E-state index contributed by atoms with van der Waals surface area (Å²) < 4.78 is 30.7. The fourth-order valence-corrected chi connectivity index (χ4v) is 4.36. The van der Waals surface area contributed by atoms with Crippen molar-refractivity contribution in [1.29, 1.82) is 0 Å². The van der Waals surface area contributed by atoms with Gasteiger partial charge in [0.05, 0.1) is 11.6 Å². The summed E-state index contributed by atoms with van der Waals surface area (Å²) in [5.41, 5.74) is 1.99. The average Bonchev–Trinajstić information content (AvgIpc) is 3.47. The first-order valence-electron chi connectivity index (χ1n) is 11.0. The van der Waals surface area contributed by atoms with E-state index in [9.17, 15) is 9.18 Å². The van der Waals surface area contributed by atoms with Gasteiger partial charge in [-0.15, -0.1) is 0 Å². The number of anilines is 1. The summed E-state index contributed by atoms with van der Waals surface area (Å²) in [5, 5.41) is 0.898. The lowest BCUT2D eigenvalue weighted by Gasteiger charge is -2.28. The Kier molecular flexibility index (Phi) is 5.76. The number of hydrogen-bond acceptors (Lipinski definition) is 6. The highest BCUT2D eigenvalue weighted by Gasteiger charge is 2.26. The zero-order chi connectivity index (χ0) is 22.9. The number of aromatic nitrogens is 1. The molecule has 5 rings (SSSR count). The fourth-order valence-electron chi connectivity index (χ4n) is 4.36. The zero-order valence-electron chi connectivity index (χ0n) is 18.7. The number of carbonyl (C=O) groups is 1. The van der Waals surface area contributed by atoms with Crippen LogP contribution in [0.3, 0.4) is 0 Å². The Morgan fingerprint density at radius 3 is 2.70 bits per heavy atom. The van der Waals surface area contributed by atoms with Crippen LogP contribution in [-0.4, -0.2) is 55.9 Å². The topological polar surface area (TPSA) is 64.1 Å². The summed E-state index contributed by atoms with van der Waals surface area (Å²) in [7, 11) is 3.84. The van der Waals surface area contributed by atoms with Crippen LogP contribution in [0.1, 0.15) is 28.8 Å². The number of ether oxygens (including phenoxy) is 3. The van der Waals surface area contributed by atoms with Crippen LogP contribution >= 0.6 is 0 Å². The first-order valence-corrected chi connectivity index (χ1v) is 11.0. The molecule has 0 N–H and O–H groups in total. The molecule has 0 spiro atoms. The van der Waals surface area contributed by atoms with Crippen LogP contribution in [0.5, 0.6) is 11.5 Å². The van der Waals surface area contributed by atoms with Gasteiger partial charge in [0, 0.05) is 56.4 Å². The van der Waals surface area contributed by atoms with Gasteiger partial charge in [-0.25, -0.2) is 9.37 Å². The van der Waals surface area contributed by atoms with Crippen LogP contribution in [0.4, 0.5) is 10.2 Å². The molecule has 2 aliphatic heterocycles. The minimum Gasteiger partial charge on any atom is -0.454 e. The quantitative estimate of drug-likeness (QED) is 0.565. The predicted molar refractivity (Wildman–Crippen MR) is 122 cm³/mol. The number of fused-ring (bicyclic) bond motifs is 2. The normalized spacial score (nSPS) is 16.9. The van der Waals surface area contributed by atoms with Crippen molar-refractivity contribution < 1.29 is 23.4 Å². The SMILES string of the molecule is CN(C)c1nc2cc3c(cc2cc1CN(CC1CCCO1)C(=O)c1cccc(F)c1)OCO3. The summed E-state index contributed by atoms with van der Waals surface area (Å²) in [6.45, 7) is 1.64. The van der Waals surface area contributed by atoms with E-state index in [-0.39, 0.29) is 18.8 Å². The van der Waals surface area contributed by atoms with Gasteiger partial charge < -0.3 is 24.0 Å². The van der Waals surface area contributed by atoms with Crippen molar-refractivity contribution in [3.63, 3.8) is 0 Å². The predicted octanol–water partition coefficient (Wildman–Crippen LogP) is 3.99. The standard InChI is InChI=1S/C25H26FN3O4/c1-28(2)24-18(9-17-11-22-23(33-15-32-22)12-21(17)27-24)13-29(14-20-7-4-8-31-20)25(30)16-5-3-6-19(26)10-16/h3,5-6,9-12,20H,4,7-8,13-15H2,1-2H3. The molecule has 8 heteroatoms. The number of nitrogens with zero attached hydrogens (tertiary/aromatic N) is 3. The van der Waals surface area contributed by atoms with Crippen molar-refractivity contribution in [2.75, 3.05) is 38.9 Å². The summed E-state index contributed by atoms with van der Waals surface area (Å²) in [5.74, 6) is 1.44. The van der Waals surface area contributed by atoms with Crippen molar-refractivity contribution >= 4 is 22.6 Å². The third kappa shape index (κ3) is 4.43. The van der Waals surface area contributed by atoms with Crippen molar-refractivity contribution in [1.82, 2.24) is 9.88 Å². The van der Waals surface area contributed by atoms with Crippen molar-refractivity contribution in [3.8, 4) is 11.5 Å². The molecule has 1 atom stereocenters. The van der Waals surface area contributed by atoms with E-state index < -0.39 is 5.82 Å². The van der Waals surface area contributed by atoms with Crippen LogP contribution in [-0.2, 0) is 11.3 Å². The molecule has 172 valence electrons. The van der Waals surface area contributed by atoms with Gasteiger partial charge in [-0.05, 0) is 43.2 Å². The summed E-state index contributed by atoms with van der Waals surface area (Å²) in [4.78, 5) is 21.9. The first kappa shape index (κ1) is 21.5. The van der Waals surface area contributed by atoms with E-state index in [4.69, 9.17) is 19.2 Å². The molecule has 2 aliphatic rings. The number of hydrogen-bond donors (Lipinski definition) is 0. The van der Waals surface area contributed by atoms with Gasteiger partial charge in [0.1, 0.15) is 11.6 Å². The maximum Gasteiger partial charge on any atom is 0.254 e. The molecule has 3 heterocycles. The second kappa shape index (κ2) is 8.86. The molecule has 1 fully saturated rings. The first-order chi connectivity index (χ1) is 16.0. The lowest BCUT2D eigenvalue weighted by atomic mass is 10.1. The van der Waals surface area contributed by atoms with Crippen molar-refractivity contribution in [2.24, 2.45) is 0 Å². The summed E-state index contributed by atoms with van der Waals surface area (Å²) in [6, 6.07) is 11.6. The van der Waals surface area contributed by atoms with E-state index in [2.05, 4.69) is 0 Å². The van der Waals surface area contributed by atoms with E-state index >= 15 is 0 Å². The van der Waals surface area contributed by atoms with E-state index in [0.29, 0.717) is 36.8 Å². The Morgan fingerprint density at radius 2 is 1.97 bits per heavy atom. The van der Waals surface area contributed by atoms with Gasteiger partial charge in [0.15, 0.2) is 11.5 Å². The summed E-state index contributed by atoms with van der Waals surface area (Å²) >= 11 is 0. The number of amides is 1. The van der Waals surface area contributed by atoms with Gasteiger partial charge in [0.2, 0.25) is 6.79 Å². The minimum atomic E-state index is -0.435. The number of carbonyl (C=O) groups excluding carboxylic acids is 1. The highest BCUT2D eigenvalue weighted by molar-refractivity contribution is 5.94. The second-order valence-electron chi connectivity index (χ2n) is 8.59. The lowest BCUT2D eigenvalue weighted by Crippen LogP contribution is -2.37. The van der Waals surface area contributed by atoms with Gasteiger partial charge in [0.25, 0.3) is 5.91 Å². The van der Waals surface area contributed by atoms with E-state index in [0.717, 1.165) is 35.1 Å². The van der Waals surface area contributed by atoms with Crippen molar-refractivity contribution in [3.05, 3.63) is 59.4 Å². The van der Waals surface area contributed by atoms with E-state index in [1.165, 1.54) is 12.1 Å². The highest BCUT2D eigenvalue weighted by atomic mass is 19.1. The van der Waals surface area contributed by atoms with Gasteiger partial charge in [-0.2, -0.15) is 0 Å². The van der Waals surface area contributed by atoms with Gasteiger partial charge in [-0.1, -0.05) is 6.07 Å². The zero-order valence-corrected chi connectivity index (χ0v) is 18.7. The molecular weight excluding hydrogens is 425 g/mol. The maximum atomic E-state index is 13.8.